The number of carbonyl (C=O) groups is 1. The second kappa shape index (κ2) is 6.20. The summed E-state index contributed by atoms with van der Waals surface area (Å²) in [6.45, 7) is 4.98. The van der Waals surface area contributed by atoms with E-state index in [1.807, 2.05) is 29.2 Å². The fourth-order valence-electron chi connectivity index (χ4n) is 2.54. The fourth-order valence-corrected chi connectivity index (χ4v) is 2.54. The first-order valence-corrected chi connectivity index (χ1v) is 7.17. The van der Waals surface area contributed by atoms with E-state index in [1.54, 1.807) is 0 Å². The highest BCUT2D eigenvalue weighted by Gasteiger charge is 2.24. The van der Waals surface area contributed by atoms with Crippen molar-refractivity contribution in [2.75, 3.05) is 11.4 Å². The van der Waals surface area contributed by atoms with Crippen LogP contribution in [0.4, 0.5) is 5.69 Å². The van der Waals surface area contributed by atoms with Crippen LogP contribution in [0.3, 0.4) is 0 Å². The minimum atomic E-state index is -0.445. The molecule has 1 unspecified atom stereocenters. The molecule has 0 saturated heterocycles. The van der Waals surface area contributed by atoms with Crippen molar-refractivity contribution in [3.8, 4) is 0 Å². The van der Waals surface area contributed by atoms with E-state index in [2.05, 4.69) is 13.8 Å². The van der Waals surface area contributed by atoms with Crippen LogP contribution in [0, 0.1) is 5.92 Å². The van der Waals surface area contributed by atoms with Crippen molar-refractivity contribution < 1.29 is 9.90 Å². The van der Waals surface area contributed by atoms with Gasteiger partial charge >= 0.3 is 0 Å². The Balaban J connectivity index is 2.21. The number of para-hydroxylation sites is 1. The molecule has 1 amide bonds. The van der Waals surface area contributed by atoms with Crippen LogP contribution < -0.4 is 4.90 Å². The van der Waals surface area contributed by atoms with Crippen LogP contribution in [-0.2, 0) is 4.79 Å². The Morgan fingerprint density at radius 1 is 1.42 bits per heavy atom. The quantitative estimate of drug-likeness (QED) is 0.907. The summed E-state index contributed by atoms with van der Waals surface area (Å²) in [6, 6.07) is 7.72. The number of aliphatic hydroxyl groups is 1. The number of nitrogens with zero attached hydrogens (tertiary/aromatic N) is 1. The second-order valence-electron chi connectivity index (χ2n) is 5.69. The molecule has 1 N–H and O–H groups in total. The third-order valence-corrected chi connectivity index (χ3v) is 3.68. The Kier molecular flexibility index (Phi) is 4.59. The van der Waals surface area contributed by atoms with E-state index in [4.69, 9.17) is 0 Å². The van der Waals surface area contributed by atoms with Crippen LogP contribution in [0.1, 0.15) is 51.2 Å². The van der Waals surface area contributed by atoms with Crippen LogP contribution in [0.15, 0.2) is 24.3 Å². The zero-order valence-corrected chi connectivity index (χ0v) is 11.8. The molecule has 0 bridgehead atoms. The highest BCUT2D eigenvalue weighted by atomic mass is 16.3. The molecule has 0 spiro atoms. The van der Waals surface area contributed by atoms with Crippen molar-refractivity contribution in [2.24, 2.45) is 5.92 Å². The summed E-state index contributed by atoms with van der Waals surface area (Å²) in [5, 5.41) is 10.1. The number of anilines is 1. The SMILES string of the molecule is CC(C)CCC(=O)N1CCCC(O)c2ccccc21. The van der Waals surface area contributed by atoms with Gasteiger partial charge in [0.05, 0.1) is 6.10 Å². The second-order valence-corrected chi connectivity index (χ2v) is 5.69. The van der Waals surface area contributed by atoms with Crippen LogP contribution in [-0.4, -0.2) is 17.6 Å². The zero-order valence-electron chi connectivity index (χ0n) is 11.8. The van der Waals surface area contributed by atoms with E-state index in [-0.39, 0.29) is 5.91 Å². The summed E-state index contributed by atoms with van der Waals surface area (Å²) in [5.41, 5.74) is 1.78. The molecular formula is C16H23NO2. The smallest absolute Gasteiger partial charge is 0.226 e. The van der Waals surface area contributed by atoms with Gasteiger partial charge in [-0.15, -0.1) is 0 Å². The molecule has 3 nitrogen and oxygen atoms in total. The number of amides is 1. The summed E-state index contributed by atoms with van der Waals surface area (Å²) >= 11 is 0. The molecule has 3 heteroatoms. The lowest BCUT2D eigenvalue weighted by atomic mass is 10.0. The number of benzene rings is 1. The first-order valence-electron chi connectivity index (χ1n) is 7.17. The number of aliphatic hydroxyl groups excluding tert-OH is 1. The van der Waals surface area contributed by atoms with Crippen molar-refractivity contribution in [1.29, 1.82) is 0 Å². The fraction of sp³-hybridized carbons (Fsp3) is 0.562. The molecule has 0 aliphatic carbocycles. The minimum absolute atomic E-state index is 0.176. The van der Waals surface area contributed by atoms with Crippen molar-refractivity contribution in [3.05, 3.63) is 29.8 Å². The first-order chi connectivity index (χ1) is 9.09. The molecule has 1 aliphatic heterocycles. The van der Waals surface area contributed by atoms with Gasteiger partial charge in [-0.2, -0.15) is 0 Å². The van der Waals surface area contributed by atoms with Gasteiger partial charge in [0, 0.05) is 24.2 Å². The van der Waals surface area contributed by atoms with E-state index in [1.165, 1.54) is 0 Å². The monoisotopic (exact) mass is 261 g/mol. The van der Waals surface area contributed by atoms with Gasteiger partial charge in [-0.05, 0) is 31.2 Å². The van der Waals surface area contributed by atoms with Gasteiger partial charge < -0.3 is 10.0 Å². The highest BCUT2D eigenvalue weighted by Crippen LogP contribution is 2.33. The van der Waals surface area contributed by atoms with Crippen LogP contribution >= 0.6 is 0 Å². The lowest BCUT2D eigenvalue weighted by Crippen LogP contribution is -2.31. The maximum atomic E-state index is 12.4. The Labute approximate surface area is 115 Å². The normalized spacial score (nSPS) is 19.2. The molecule has 1 aromatic rings. The number of fused-ring (bicyclic) bond motifs is 1. The summed E-state index contributed by atoms with van der Waals surface area (Å²) in [7, 11) is 0. The lowest BCUT2D eigenvalue weighted by molar-refractivity contribution is -0.118. The predicted molar refractivity (Wildman–Crippen MR) is 77.1 cm³/mol. The van der Waals surface area contributed by atoms with Crippen LogP contribution in [0.5, 0.6) is 0 Å². The van der Waals surface area contributed by atoms with Gasteiger partial charge in [0.15, 0.2) is 0 Å². The van der Waals surface area contributed by atoms with Gasteiger partial charge in [0.2, 0.25) is 5.91 Å². The largest absolute Gasteiger partial charge is 0.388 e. The van der Waals surface area contributed by atoms with E-state index in [9.17, 15) is 9.90 Å². The van der Waals surface area contributed by atoms with Gasteiger partial charge in [0.25, 0.3) is 0 Å². The molecule has 104 valence electrons. The average molecular weight is 261 g/mol. The Bertz CT molecular complexity index is 442. The van der Waals surface area contributed by atoms with Gasteiger partial charge in [-0.25, -0.2) is 0 Å². The predicted octanol–water partition coefficient (Wildman–Crippen LogP) is 3.28. The van der Waals surface area contributed by atoms with Crippen molar-refractivity contribution in [1.82, 2.24) is 0 Å². The molecule has 1 heterocycles. The molecule has 19 heavy (non-hydrogen) atoms. The maximum Gasteiger partial charge on any atom is 0.226 e. The van der Waals surface area contributed by atoms with Crippen molar-refractivity contribution in [2.45, 2.75) is 45.6 Å². The standard InChI is InChI=1S/C16H23NO2/c1-12(2)9-10-16(19)17-11-5-8-15(18)13-6-3-4-7-14(13)17/h3-4,6-7,12,15,18H,5,8-11H2,1-2H3. The molecule has 1 aliphatic rings. The maximum absolute atomic E-state index is 12.4. The van der Waals surface area contributed by atoms with Crippen LogP contribution in [0.2, 0.25) is 0 Å². The molecule has 0 fully saturated rings. The number of carbonyl (C=O) groups excluding carboxylic acids is 1. The van der Waals surface area contributed by atoms with Crippen molar-refractivity contribution >= 4 is 11.6 Å². The summed E-state index contributed by atoms with van der Waals surface area (Å²) < 4.78 is 0. The molecule has 2 rings (SSSR count). The zero-order chi connectivity index (χ0) is 13.8. The number of rotatable bonds is 3. The molecule has 1 atom stereocenters. The highest BCUT2D eigenvalue weighted by molar-refractivity contribution is 5.94. The topological polar surface area (TPSA) is 40.5 Å². The Hall–Kier alpha value is -1.35. The molecular weight excluding hydrogens is 238 g/mol. The first kappa shape index (κ1) is 14.1. The van der Waals surface area contributed by atoms with E-state index in [0.717, 1.165) is 30.5 Å². The third kappa shape index (κ3) is 3.35. The van der Waals surface area contributed by atoms with Gasteiger partial charge in [-0.1, -0.05) is 32.0 Å². The third-order valence-electron chi connectivity index (χ3n) is 3.68. The Morgan fingerprint density at radius 2 is 2.16 bits per heavy atom. The van der Waals surface area contributed by atoms with E-state index in [0.29, 0.717) is 18.9 Å². The summed E-state index contributed by atoms with van der Waals surface area (Å²) in [4.78, 5) is 14.2. The van der Waals surface area contributed by atoms with E-state index >= 15 is 0 Å². The summed E-state index contributed by atoms with van der Waals surface area (Å²) in [6.07, 6.45) is 2.63. The average Bonchev–Trinajstić information content (AvgIpc) is 2.56. The Morgan fingerprint density at radius 3 is 2.89 bits per heavy atom. The molecule has 0 saturated carbocycles. The summed E-state index contributed by atoms with van der Waals surface area (Å²) in [5.74, 6) is 0.715. The molecule has 0 radical (unpaired) electrons. The van der Waals surface area contributed by atoms with Crippen molar-refractivity contribution in [3.63, 3.8) is 0 Å². The van der Waals surface area contributed by atoms with Gasteiger partial charge in [0.1, 0.15) is 0 Å². The van der Waals surface area contributed by atoms with Crippen LogP contribution in [0.25, 0.3) is 0 Å². The molecule has 1 aromatic carbocycles. The lowest BCUT2D eigenvalue weighted by Gasteiger charge is -2.23. The van der Waals surface area contributed by atoms with Gasteiger partial charge in [-0.3, -0.25) is 4.79 Å². The number of hydrogen-bond acceptors (Lipinski definition) is 2. The molecule has 0 aromatic heterocycles. The minimum Gasteiger partial charge on any atom is -0.388 e. The number of hydrogen-bond donors (Lipinski definition) is 1. The van der Waals surface area contributed by atoms with E-state index < -0.39 is 6.10 Å².